The largest absolute Gasteiger partial charge is 0.481 e. The Kier molecular flexibility index (Phi) is 4.18. The number of nitrogens with zero attached hydrogens (tertiary/aromatic N) is 1. The average Bonchev–Trinajstić information content (AvgIpc) is 2.39. The molecule has 0 fully saturated rings. The summed E-state index contributed by atoms with van der Waals surface area (Å²) in [6.07, 6.45) is 2.50. The Morgan fingerprint density at radius 1 is 1.33 bits per heavy atom. The van der Waals surface area contributed by atoms with Crippen LogP contribution in [0.5, 0.6) is 5.88 Å². The third kappa shape index (κ3) is 3.22. The minimum atomic E-state index is -0.0844. The van der Waals surface area contributed by atoms with Gasteiger partial charge in [-0.3, -0.25) is 0 Å². The van der Waals surface area contributed by atoms with Gasteiger partial charge in [0.25, 0.3) is 0 Å². The zero-order valence-corrected chi connectivity index (χ0v) is 10.9. The van der Waals surface area contributed by atoms with E-state index in [4.69, 9.17) is 22.1 Å². The summed E-state index contributed by atoms with van der Waals surface area (Å²) in [6, 6.07) is 11.3. The molecule has 0 saturated heterocycles. The number of hydrogen-bond donors (Lipinski definition) is 1. The van der Waals surface area contributed by atoms with Crippen LogP contribution in [0.4, 0.5) is 0 Å². The summed E-state index contributed by atoms with van der Waals surface area (Å²) in [5.41, 5.74) is 8.25. The van der Waals surface area contributed by atoms with Gasteiger partial charge in [0, 0.05) is 23.3 Å². The van der Waals surface area contributed by atoms with E-state index in [1.165, 1.54) is 0 Å². The first-order valence-electron chi connectivity index (χ1n) is 5.69. The lowest BCUT2D eigenvalue weighted by Gasteiger charge is -2.12. The maximum atomic E-state index is 6.15. The third-order valence-corrected chi connectivity index (χ3v) is 2.97. The monoisotopic (exact) mass is 262 g/mol. The van der Waals surface area contributed by atoms with E-state index >= 15 is 0 Å². The molecule has 0 amide bonds. The molecule has 0 aliphatic rings. The number of nitrogens with two attached hydrogens (primary N) is 1. The molecule has 2 aromatic rings. The van der Waals surface area contributed by atoms with Crippen molar-refractivity contribution in [3.63, 3.8) is 0 Å². The van der Waals surface area contributed by atoms with Crippen LogP contribution in [-0.4, -0.2) is 12.1 Å². The van der Waals surface area contributed by atoms with Crippen LogP contribution in [0.1, 0.15) is 17.2 Å². The number of hydrogen-bond acceptors (Lipinski definition) is 3. The van der Waals surface area contributed by atoms with Gasteiger partial charge in [0.1, 0.15) is 0 Å². The van der Waals surface area contributed by atoms with E-state index in [1.807, 2.05) is 36.4 Å². The SMILES string of the molecule is COc1ccc(CC(N)c2cccc(Cl)c2)cn1. The van der Waals surface area contributed by atoms with Gasteiger partial charge in [-0.15, -0.1) is 0 Å². The highest BCUT2D eigenvalue weighted by atomic mass is 35.5. The van der Waals surface area contributed by atoms with Crippen LogP contribution in [-0.2, 0) is 6.42 Å². The molecule has 94 valence electrons. The first-order valence-corrected chi connectivity index (χ1v) is 6.07. The number of benzene rings is 1. The number of halogens is 1. The molecular formula is C14H15ClN2O. The summed E-state index contributed by atoms with van der Waals surface area (Å²) in [7, 11) is 1.60. The molecule has 1 unspecified atom stereocenters. The van der Waals surface area contributed by atoms with Crippen LogP contribution in [0.3, 0.4) is 0 Å². The predicted molar refractivity (Wildman–Crippen MR) is 72.9 cm³/mol. The van der Waals surface area contributed by atoms with Crippen molar-refractivity contribution >= 4 is 11.6 Å². The van der Waals surface area contributed by atoms with Gasteiger partial charge in [-0.2, -0.15) is 0 Å². The molecule has 0 spiro atoms. The van der Waals surface area contributed by atoms with E-state index in [2.05, 4.69) is 4.98 Å². The zero-order valence-electron chi connectivity index (χ0n) is 10.1. The van der Waals surface area contributed by atoms with Crippen molar-refractivity contribution in [1.82, 2.24) is 4.98 Å². The maximum Gasteiger partial charge on any atom is 0.212 e. The van der Waals surface area contributed by atoms with Crippen LogP contribution < -0.4 is 10.5 Å². The summed E-state index contributed by atoms with van der Waals surface area (Å²) in [4.78, 5) is 4.16. The topological polar surface area (TPSA) is 48.1 Å². The van der Waals surface area contributed by atoms with E-state index in [0.717, 1.165) is 17.5 Å². The summed E-state index contributed by atoms with van der Waals surface area (Å²) in [5, 5.41) is 0.704. The van der Waals surface area contributed by atoms with Crippen LogP contribution in [0, 0.1) is 0 Å². The van der Waals surface area contributed by atoms with Crippen molar-refractivity contribution in [1.29, 1.82) is 0 Å². The molecule has 4 heteroatoms. The van der Waals surface area contributed by atoms with Crippen molar-refractivity contribution in [3.8, 4) is 5.88 Å². The third-order valence-electron chi connectivity index (χ3n) is 2.74. The molecule has 2 rings (SSSR count). The number of pyridine rings is 1. The molecule has 3 nitrogen and oxygen atoms in total. The summed E-state index contributed by atoms with van der Waals surface area (Å²) < 4.78 is 5.01. The first-order chi connectivity index (χ1) is 8.69. The van der Waals surface area contributed by atoms with Gasteiger partial charge in [0.05, 0.1) is 7.11 Å². The number of aromatic nitrogens is 1. The van der Waals surface area contributed by atoms with Gasteiger partial charge >= 0.3 is 0 Å². The van der Waals surface area contributed by atoms with Crippen molar-refractivity contribution < 1.29 is 4.74 Å². The van der Waals surface area contributed by atoms with Crippen LogP contribution >= 0.6 is 11.6 Å². The maximum absolute atomic E-state index is 6.15. The first kappa shape index (κ1) is 12.9. The second-order valence-corrected chi connectivity index (χ2v) is 4.51. The summed E-state index contributed by atoms with van der Waals surface area (Å²) in [5.74, 6) is 0.607. The highest BCUT2D eigenvalue weighted by Gasteiger charge is 2.08. The smallest absolute Gasteiger partial charge is 0.212 e. The lowest BCUT2D eigenvalue weighted by Crippen LogP contribution is -2.13. The molecule has 1 aromatic heterocycles. The minimum Gasteiger partial charge on any atom is -0.481 e. The lowest BCUT2D eigenvalue weighted by atomic mass is 10.0. The van der Waals surface area contributed by atoms with Crippen molar-refractivity contribution in [3.05, 3.63) is 58.7 Å². The Morgan fingerprint density at radius 3 is 2.78 bits per heavy atom. The Balaban J connectivity index is 2.08. The number of rotatable bonds is 4. The molecule has 0 saturated carbocycles. The summed E-state index contributed by atoms with van der Waals surface area (Å²) in [6.45, 7) is 0. The van der Waals surface area contributed by atoms with E-state index in [9.17, 15) is 0 Å². The van der Waals surface area contributed by atoms with Gasteiger partial charge in [0.15, 0.2) is 0 Å². The second-order valence-electron chi connectivity index (χ2n) is 4.07. The molecule has 0 aliphatic carbocycles. The number of ether oxygens (including phenoxy) is 1. The Labute approximate surface area is 112 Å². The molecule has 1 aromatic carbocycles. The summed E-state index contributed by atoms with van der Waals surface area (Å²) >= 11 is 5.95. The second kappa shape index (κ2) is 5.85. The highest BCUT2D eigenvalue weighted by molar-refractivity contribution is 6.30. The lowest BCUT2D eigenvalue weighted by molar-refractivity contribution is 0.397. The average molecular weight is 263 g/mol. The minimum absolute atomic E-state index is 0.0844. The number of methoxy groups -OCH3 is 1. The Morgan fingerprint density at radius 2 is 2.17 bits per heavy atom. The molecule has 1 atom stereocenters. The Hall–Kier alpha value is -1.58. The zero-order chi connectivity index (χ0) is 13.0. The molecule has 1 heterocycles. The van der Waals surface area contributed by atoms with Crippen molar-refractivity contribution in [2.75, 3.05) is 7.11 Å². The quantitative estimate of drug-likeness (QED) is 0.922. The standard InChI is InChI=1S/C14H15ClN2O/c1-18-14-6-5-10(9-17-14)7-13(16)11-3-2-4-12(15)8-11/h2-6,8-9,13H,7,16H2,1H3. The van der Waals surface area contributed by atoms with Crippen LogP contribution in [0.15, 0.2) is 42.6 Å². The van der Waals surface area contributed by atoms with Crippen molar-refractivity contribution in [2.24, 2.45) is 5.73 Å². The fourth-order valence-corrected chi connectivity index (χ4v) is 1.96. The van der Waals surface area contributed by atoms with E-state index in [1.54, 1.807) is 13.3 Å². The Bertz CT molecular complexity index is 513. The van der Waals surface area contributed by atoms with Gasteiger partial charge in [0.2, 0.25) is 5.88 Å². The van der Waals surface area contributed by atoms with E-state index in [-0.39, 0.29) is 6.04 Å². The van der Waals surface area contributed by atoms with Gasteiger partial charge in [-0.1, -0.05) is 29.8 Å². The molecule has 0 bridgehead atoms. The molecule has 0 aliphatic heterocycles. The predicted octanol–water partition coefficient (Wildman–Crippen LogP) is 2.99. The van der Waals surface area contributed by atoms with Gasteiger partial charge in [-0.25, -0.2) is 4.98 Å². The highest BCUT2D eigenvalue weighted by Crippen LogP contribution is 2.19. The van der Waals surface area contributed by atoms with E-state index < -0.39 is 0 Å². The molecule has 0 radical (unpaired) electrons. The molecule has 18 heavy (non-hydrogen) atoms. The van der Waals surface area contributed by atoms with Crippen LogP contribution in [0.25, 0.3) is 0 Å². The molecule has 2 N–H and O–H groups in total. The fraction of sp³-hybridized carbons (Fsp3) is 0.214. The molecular weight excluding hydrogens is 248 g/mol. The van der Waals surface area contributed by atoms with E-state index in [0.29, 0.717) is 10.9 Å². The van der Waals surface area contributed by atoms with Gasteiger partial charge in [-0.05, 0) is 29.7 Å². The van der Waals surface area contributed by atoms with Crippen LogP contribution in [0.2, 0.25) is 5.02 Å². The van der Waals surface area contributed by atoms with Crippen molar-refractivity contribution in [2.45, 2.75) is 12.5 Å². The fourth-order valence-electron chi connectivity index (χ4n) is 1.76. The normalized spacial score (nSPS) is 12.2. The van der Waals surface area contributed by atoms with Gasteiger partial charge < -0.3 is 10.5 Å².